The number of rotatable bonds is 3. The van der Waals surface area contributed by atoms with Crippen molar-refractivity contribution < 1.29 is 4.74 Å². The minimum Gasteiger partial charge on any atom is -0.365 e. The molecule has 5 nitrogen and oxygen atoms in total. The Hall–Kier alpha value is -1.62. The number of hydrogen-bond acceptors (Lipinski definition) is 4. The van der Waals surface area contributed by atoms with Crippen molar-refractivity contribution >= 4 is 16.9 Å². The predicted molar refractivity (Wildman–Crippen MR) is 49.4 cm³/mol. The van der Waals surface area contributed by atoms with Gasteiger partial charge in [-0.1, -0.05) is 0 Å². The first-order valence-corrected chi connectivity index (χ1v) is 3.92. The van der Waals surface area contributed by atoms with E-state index in [2.05, 4.69) is 20.3 Å². The summed E-state index contributed by atoms with van der Waals surface area (Å²) in [6, 6.07) is 1.92. The monoisotopic (exact) mass is 178 g/mol. The number of ether oxygens (including phenoxy) is 1. The Morgan fingerprint density at radius 1 is 1.54 bits per heavy atom. The summed E-state index contributed by atoms with van der Waals surface area (Å²) in [6.45, 7) is 0.442. The molecule has 2 rings (SSSR count). The van der Waals surface area contributed by atoms with Crippen molar-refractivity contribution in [1.82, 2.24) is 15.0 Å². The number of aromatic nitrogens is 3. The summed E-state index contributed by atoms with van der Waals surface area (Å²) in [6.07, 6.45) is 3.34. The SMILES string of the molecule is COCNc1ncnc2[nH]ccc12. The Bertz CT molecular complexity index is 398. The molecule has 0 bridgehead atoms. The number of H-pyrrole nitrogens is 1. The summed E-state index contributed by atoms with van der Waals surface area (Å²) < 4.78 is 4.89. The molecule has 0 saturated carbocycles. The summed E-state index contributed by atoms with van der Waals surface area (Å²) in [5.41, 5.74) is 0.827. The fraction of sp³-hybridized carbons (Fsp3) is 0.250. The van der Waals surface area contributed by atoms with Crippen LogP contribution in [0.4, 0.5) is 5.82 Å². The molecule has 68 valence electrons. The molecule has 13 heavy (non-hydrogen) atoms. The second kappa shape index (κ2) is 3.40. The van der Waals surface area contributed by atoms with E-state index in [1.807, 2.05) is 12.3 Å². The van der Waals surface area contributed by atoms with Gasteiger partial charge in [-0.2, -0.15) is 0 Å². The highest BCUT2D eigenvalue weighted by Crippen LogP contribution is 2.16. The zero-order chi connectivity index (χ0) is 9.10. The maximum absolute atomic E-state index is 4.89. The number of nitrogens with one attached hydrogen (secondary N) is 2. The molecule has 0 aliphatic rings. The first-order valence-electron chi connectivity index (χ1n) is 3.92. The van der Waals surface area contributed by atoms with E-state index in [-0.39, 0.29) is 0 Å². The maximum Gasteiger partial charge on any atom is 0.142 e. The molecule has 0 spiro atoms. The van der Waals surface area contributed by atoms with Crippen molar-refractivity contribution in [3.05, 3.63) is 18.6 Å². The van der Waals surface area contributed by atoms with Crippen LogP contribution in [0.15, 0.2) is 18.6 Å². The minimum atomic E-state index is 0.442. The van der Waals surface area contributed by atoms with E-state index >= 15 is 0 Å². The van der Waals surface area contributed by atoms with Crippen LogP contribution in [0.2, 0.25) is 0 Å². The number of hydrogen-bond donors (Lipinski definition) is 2. The van der Waals surface area contributed by atoms with E-state index in [1.165, 1.54) is 6.33 Å². The van der Waals surface area contributed by atoms with E-state index in [4.69, 9.17) is 4.74 Å². The Morgan fingerprint density at radius 3 is 3.31 bits per heavy atom. The van der Waals surface area contributed by atoms with E-state index in [9.17, 15) is 0 Å². The Kier molecular flexibility index (Phi) is 2.09. The minimum absolute atomic E-state index is 0.442. The average molecular weight is 178 g/mol. The molecular weight excluding hydrogens is 168 g/mol. The van der Waals surface area contributed by atoms with Gasteiger partial charge in [0.05, 0.1) is 5.39 Å². The summed E-state index contributed by atoms with van der Waals surface area (Å²) >= 11 is 0. The molecule has 0 aromatic carbocycles. The summed E-state index contributed by atoms with van der Waals surface area (Å²) in [5.74, 6) is 0.785. The van der Waals surface area contributed by atoms with E-state index < -0.39 is 0 Å². The lowest BCUT2D eigenvalue weighted by molar-refractivity contribution is 0.221. The molecule has 2 heterocycles. The molecule has 0 radical (unpaired) electrons. The summed E-state index contributed by atoms with van der Waals surface area (Å²) in [7, 11) is 1.63. The average Bonchev–Trinajstić information content (AvgIpc) is 2.62. The van der Waals surface area contributed by atoms with Crippen molar-refractivity contribution in [2.24, 2.45) is 0 Å². The largest absolute Gasteiger partial charge is 0.365 e. The lowest BCUT2D eigenvalue weighted by Crippen LogP contribution is -2.05. The lowest BCUT2D eigenvalue weighted by atomic mass is 10.4. The zero-order valence-electron chi connectivity index (χ0n) is 7.24. The fourth-order valence-electron chi connectivity index (χ4n) is 1.15. The maximum atomic E-state index is 4.89. The van der Waals surface area contributed by atoms with Gasteiger partial charge in [-0.3, -0.25) is 0 Å². The molecule has 0 saturated heterocycles. The van der Waals surface area contributed by atoms with Crippen molar-refractivity contribution in [3.8, 4) is 0 Å². The van der Waals surface area contributed by atoms with Crippen LogP contribution in [0.25, 0.3) is 11.0 Å². The molecule has 2 aromatic rings. The lowest BCUT2D eigenvalue weighted by Gasteiger charge is -2.03. The van der Waals surface area contributed by atoms with Crippen LogP contribution in [0.5, 0.6) is 0 Å². The van der Waals surface area contributed by atoms with E-state index in [1.54, 1.807) is 7.11 Å². The number of fused-ring (bicyclic) bond motifs is 1. The van der Waals surface area contributed by atoms with Gasteiger partial charge in [0, 0.05) is 13.3 Å². The molecule has 0 fully saturated rings. The smallest absolute Gasteiger partial charge is 0.142 e. The second-order valence-corrected chi connectivity index (χ2v) is 2.57. The van der Waals surface area contributed by atoms with Gasteiger partial charge in [0.25, 0.3) is 0 Å². The normalized spacial score (nSPS) is 10.5. The fourth-order valence-corrected chi connectivity index (χ4v) is 1.15. The van der Waals surface area contributed by atoms with Crippen LogP contribution in [0, 0.1) is 0 Å². The molecule has 2 aromatic heterocycles. The standard InChI is InChI=1S/C8H10N4O/c1-13-5-12-8-6-2-3-9-7(6)10-4-11-8/h2-4H,5H2,1H3,(H2,9,10,11,12). The van der Waals surface area contributed by atoms with Crippen LogP contribution < -0.4 is 5.32 Å². The van der Waals surface area contributed by atoms with Gasteiger partial charge >= 0.3 is 0 Å². The van der Waals surface area contributed by atoms with Gasteiger partial charge in [-0.15, -0.1) is 0 Å². The predicted octanol–water partition coefficient (Wildman–Crippen LogP) is 0.974. The molecule has 0 aliphatic carbocycles. The van der Waals surface area contributed by atoms with Gasteiger partial charge in [0.1, 0.15) is 24.5 Å². The molecule has 0 atom stereocenters. The van der Waals surface area contributed by atoms with Gasteiger partial charge < -0.3 is 15.0 Å². The first kappa shape index (κ1) is 8.00. The molecule has 0 aliphatic heterocycles. The Labute approximate surface area is 75.2 Å². The van der Waals surface area contributed by atoms with Crippen molar-refractivity contribution in [2.45, 2.75) is 0 Å². The van der Waals surface area contributed by atoms with E-state index in [0.717, 1.165) is 16.9 Å². The van der Waals surface area contributed by atoms with Crippen LogP contribution in [0.1, 0.15) is 0 Å². The number of aromatic amines is 1. The van der Waals surface area contributed by atoms with Gasteiger partial charge in [-0.25, -0.2) is 9.97 Å². The quantitative estimate of drug-likeness (QED) is 0.687. The molecule has 5 heteroatoms. The van der Waals surface area contributed by atoms with Crippen LogP contribution >= 0.6 is 0 Å². The molecule has 0 unspecified atom stereocenters. The number of nitrogens with zero attached hydrogens (tertiary/aromatic N) is 2. The highest BCUT2D eigenvalue weighted by molar-refractivity contribution is 5.86. The first-order chi connectivity index (χ1) is 6.42. The van der Waals surface area contributed by atoms with Crippen molar-refractivity contribution in [2.75, 3.05) is 19.2 Å². The third-order valence-corrected chi connectivity index (χ3v) is 1.74. The van der Waals surface area contributed by atoms with Crippen molar-refractivity contribution in [3.63, 3.8) is 0 Å². The van der Waals surface area contributed by atoms with Gasteiger partial charge in [0.2, 0.25) is 0 Å². The Morgan fingerprint density at radius 2 is 2.46 bits per heavy atom. The number of methoxy groups -OCH3 is 1. The Balaban J connectivity index is 2.37. The number of anilines is 1. The highest BCUT2D eigenvalue weighted by atomic mass is 16.5. The van der Waals surface area contributed by atoms with Crippen molar-refractivity contribution in [1.29, 1.82) is 0 Å². The third-order valence-electron chi connectivity index (χ3n) is 1.74. The molecule has 0 amide bonds. The molecular formula is C8H10N4O. The zero-order valence-corrected chi connectivity index (χ0v) is 7.24. The van der Waals surface area contributed by atoms with Crippen LogP contribution in [-0.4, -0.2) is 28.8 Å². The second-order valence-electron chi connectivity index (χ2n) is 2.57. The van der Waals surface area contributed by atoms with E-state index in [0.29, 0.717) is 6.73 Å². The highest BCUT2D eigenvalue weighted by Gasteiger charge is 2.01. The topological polar surface area (TPSA) is 62.8 Å². The van der Waals surface area contributed by atoms with Crippen LogP contribution in [0.3, 0.4) is 0 Å². The third kappa shape index (κ3) is 1.46. The van der Waals surface area contributed by atoms with Gasteiger partial charge in [-0.05, 0) is 6.07 Å². The van der Waals surface area contributed by atoms with Gasteiger partial charge in [0.15, 0.2) is 0 Å². The van der Waals surface area contributed by atoms with Crippen LogP contribution in [-0.2, 0) is 4.74 Å². The summed E-state index contributed by atoms with van der Waals surface area (Å²) in [4.78, 5) is 11.2. The summed E-state index contributed by atoms with van der Waals surface area (Å²) in [5, 5.41) is 4.00. The molecule has 2 N–H and O–H groups in total.